The first-order valence-electron chi connectivity index (χ1n) is 3.94. The van der Waals surface area contributed by atoms with Gasteiger partial charge in [-0.25, -0.2) is 0 Å². The number of anilines is 1. The fraction of sp³-hybridized carbons (Fsp3) is 0. The van der Waals surface area contributed by atoms with Crippen LogP contribution >= 0.6 is 0 Å². The third kappa shape index (κ3) is 2.88. The van der Waals surface area contributed by atoms with Gasteiger partial charge in [-0.2, -0.15) is 10.5 Å². The summed E-state index contributed by atoms with van der Waals surface area (Å²) in [5.74, 6) is 0. The summed E-state index contributed by atoms with van der Waals surface area (Å²) < 4.78 is 0. The summed E-state index contributed by atoms with van der Waals surface area (Å²) in [6.07, 6.45) is 1.31. The second kappa shape index (κ2) is 5.23. The molecule has 4 heteroatoms. The number of benzene rings is 1. The Labute approximate surface area is 82.1 Å². The van der Waals surface area contributed by atoms with Crippen LogP contribution in [-0.4, -0.2) is 0 Å². The lowest BCUT2D eigenvalue weighted by molar-refractivity contribution is 1.05. The molecule has 0 radical (unpaired) electrons. The topological polar surface area (TPSA) is 71.6 Å². The van der Waals surface area contributed by atoms with Crippen LogP contribution in [0.2, 0.25) is 0 Å². The Morgan fingerprint density at radius 1 is 1.14 bits per heavy atom. The second-order valence-corrected chi connectivity index (χ2v) is 2.42. The minimum atomic E-state index is 0.0217. The van der Waals surface area contributed by atoms with Crippen LogP contribution in [0.4, 0.5) is 5.69 Å². The predicted molar refractivity (Wildman–Crippen MR) is 52.5 cm³/mol. The zero-order valence-corrected chi connectivity index (χ0v) is 7.36. The van der Waals surface area contributed by atoms with E-state index < -0.39 is 0 Å². The van der Waals surface area contributed by atoms with Crippen molar-refractivity contribution in [2.75, 3.05) is 5.43 Å². The second-order valence-electron chi connectivity index (χ2n) is 2.42. The first-order valence-corrected chi connectivity index (χ1v) is 3.94. The minimum absolute atomic E-state index is 0.0217. The molecule has 0 saturated carbocycles. The van der Waals surface area contributed by atoms with Gasteiger partial charge >= 0.3 is 0 Å². The van der Waals surface area contributed by atoms with E-state index in [0.717, 1.165) is 5.69 Å². The Morgan fingerprint density at radius 3 is 2.36 bits per heavy atom. The summed E-state index contributed by atoms with van der Waals surface area (Å²) in [6, 6.07) is 12.8. The van der Waals surface area contributed by atoms with Gasteiger partial charge in [0.05, 0.1) is 5.69 Å². The van der Waals surface area contributed by atoms with Crippen LogP contribution in [0.3, 0.4) is 0 Å². The van der Waals surface area contributed by atoms with Crippen LogP contribution in [0.1, 0.15) is 0 Å². The van der Waals surface area contributed by atoms with Crippen molar-refractivity contribution in [3.05, 3.63) is 42.1 Å². The molecule has 0 aliphatic carbocycles. The van der Waals surface area contributed by atoms with Gasteiger partial charge in [0.15, 0.2) is 0 Å². The normalized spacial score (nSPS) is 7.86. The monoisotopic (exact) mass is 184 g/mol. The zero-order chi connectivity index (χ0) is 10.2. The summed E-state index contributed by atoms with van der Waals surface area (Å²) in [6.45, 7) is 0. The van der Waals surface area contributed by atoms with Gasteiger partial charge in [0, 0.05) is 6.20 Å². The number of rotatable bonds is 3. The Bertz CT molecular complexity index is 378. The van der Waals surface area contributed by atoms with Crippen LogP contribution < -0.4 is 10.9 Å². The fourth-order valence-electron chi connectivity index (χ4n) is 0.803. The molecule has 0 bridgehead atoms. The summed E-state index contributed by atoms with van der Waals surface area (Å²) in [5, 5.41) is 16.8. The number of para-hydroxylation sites is 1. The number of hydrogen-bond acceptors (Lipinski definition) is 4. The largest absolute Gasteiger partial charge is 0.306 e. The highest BCUT2D eigenvalue weighted by Crippen LogP contribution is 2.02. The molecular formula is C10H8N4. The van der Waals surface area contributed by atoms with Crippen LogP contribution in [0.15, 0.2) is 42.1 Å². The standard InChI is InChI=1S/C10H8N4/c11-6-9(7-12)8-13-14-10-4-2-1-3-5-10/h1-5,8,13-14H. The average Bonchev–Trinajstić information content (AvgIpc) is 2.26. The summed E-state index contributed by atoms with van der Waals surface area (Å²) in [4.78, 5) is 0. The molecule has 0 atom stereocenters. The van der Waals surface area contributed by atoms with Crippen LogP contribution in [0.25, 0.3) is 0 Å². The number of allylic oxidation sites excluding steroid dienone is 1. The highest BCUT2D eigenvalue weighted by atomic mass is 15.3. The molecular weight excluding hydrogens is 176 g/mol. The molecule has 68 valence electrons. The fourth-order valence-corrected chi connectivity index (χ4v) is 0.803. The van der Waals surface area contributed by atoms with Crippen molar-refractivity contribution in [2.45, 2.75) is 0 Å². The molecule has 1 rings (SSSR count). The quantitative estimate of drug-likeness (QED) is 0.552. The lowest BCUT2D eigenvalue weighted by atomic mass is 10.3. The van der Waals surface area contributed by atoms with E-state index in [1.165, 1.54) is 6.20 Å². The van der Waals surface area contributed by atoms with Crippen LogP contribution in [0, 0.1) is 22.7 Å². The van der Waals surface area contributed by atoms with E-state index in [2.05, 4.69) is 10.9 Å². The van der Waals surface area contributed by atoms with Crippen molar-refractivity contribution >= 4 is 5.69 Å². The van der Waals surface area contributed by atoms with Crippen LogP contribution in [0.5, 0.6) is 0 Å². The van der Waals surface area contributed by atoms with Gasteiger partial charge in [-0.1, -0.05) is 18.2 Å². The maximum Gasteiger partial charge on any atom is 0.147 e. The molecule has 0 saturated heterocycles. The van der Waals surface area contributed by atoms with Gasteiger partial charge in [0.25, 0.3) is 0 Å². The number of nitriles is 2. The molecule has 0 aliphatic rings. The van der Waals surface area contributed by atoms with Crippen molar-refractivity contribution < 1.29 is 0 Å². The Hall–Kier alpha value is -2.46. The van der Waals surface area contributed by atoms with Crippen molar-refractivity contribution in [3.63, 3.8) is 0 Å². The predicted octanol–water partition coefficient (Wildman–Crippen LogP) is 1.53. The van der Waals surface area contributed by atoms with E-state index in [0.29, 0.717) is 0 Å². The average molecular weight is 184 g/mol. The Morgan fingerprint density at radius 2 is 1.79 bits per heavy atom. The third-order valence-electron chi connectivity index (χ3n) is 1.45. The Balaban J connectivity index is 2.48. The number of nitrogens with one attached hydrogen (secondary N) is 2. The molecule has 0 heterocycles. The van der Waals surface area contributed by atoms with Crippen molar-refractivity contribution in [3.8, 4) is 12.1 Å². The van der Waals surface area contributed by atoms with E-state index >= 15 is 0 Å². The number of hydrazine groups is 1. The molecule has 1 aromatic carbocycles. The van der Waals surface area contributed by atoms with Gasteiger partial charge < -0.3 is 10.9 Å². The summed E-state index contributed by atoms with van der Waals surface area (Å²) in [7, 11) is 0. The van der Waals surface area contributed by atoms with Gasteiger partial charge in [-0.15, -0.1) is 0 Å². The molecule has 4 nitrogen and oxygen atoms in total. The molecule has 1 aromatic rings. The highest BCUT2D eigenvalue weighted by molar-refractivity contribution is 5.42. The van der Waals surface area contributed by atoms with Crippen molar-refractivity contribution in [1.29, 1.82) is 10.5 Å². The smallest absolute Gasteiger partial charge is 0.147 e. The van der Waals surface area contributed by atoms with E-state index in [-0.39, 0.29) is 5.57 Å². The minimum Gasteiger partial charge on any atom is -0.306 e. The first kappa shape index (κ1) is 9.63. The molecule has 14 heavy (non-hydrogen) atoms. The van der Waals surface area contributed by atoms with E-state index in [1.54, 1.807) is 12.1 Å². The number of hydrogen-bond donors (Lipinski definition) is 2. The van der Waals surface area contributed by atoms with Gasteiger partial charge in [0.2, 0.25) is 0 Å². The summed E-state index contributed by atoms with van der Waals surface area (Å²) >= 11 is 0. The maximum absolute atomic E-state index is 8.41. The molecule has 2 N–H and O–H groups in total. The molecule has 0 spiro atoms. The van der Waals surface area contributed by atoms with E-state index in [9.17, 15) is 0 Å². The maximum atomic E-state index is 8.41. The zero-order valence-electron chi connectivity index (χ0n) is 7.36. The molecule has 0 fully saturated rings. The van der Waals surface area contributed by atoms with E-state index in [1.807, 2.05) is 30.3 Å². The van der Waals surface area contributed by atoms with Gasteiger partial charge in [-0.3, -0.25) is 0 Å². The lowest BCUT2D eigenvalue weighted by Crippen LogP contribution is -2.14. The van der Waals surface area contributed by atoms with Crippen LogP contribution in [-0.2, 0) is 0 Å². The van der Waals surface area contributed by atoms with Gasteiger partial charge in [-0.05, 0) is 12.1 Å². The molecule has 0 aromatic heterocycles. The molecule has 0 amide bonds. The first-order chi connectivity index (χ1) is 6.86. The summed E-state index contributed by atoms with van der Waals surface area (Å²) in [5.41, 5.74) is 6.34. The Kier molecular flexibility index (Phi) is 3.60. The van der Waals surface area contributed by atoms with E-state index in [4.69, 9.17) is 10.5 Å². The number of nitrogens with zero attached hydrogens (tertiary/aromatic N) is 2. The van der Waals surface area contributed by atoms with Gasteiger partial charge in [0.1, 0.15) is 17.7 Å². The third-order valence-corrected chi connectivity index (χ3v) is 1.45. The lowest BCUT2D eigenvalue weighted by Gasteiger charge is -2.03. The molecule has 0 aliphatic heterocycles. The van der Waals surface area contributed by atoms with Crippen molar-refractivity contribution in [2.24, 2.45) is 0 Å². The van der Waals surface area contributed by atoms with Crippen molar-refractivity contribution in [1.82, 2.24) is 5.43 Å². The highest BCUT2D eigenvalue weighted by Gasteiger charge is 1.89. The SMILES string of the molecule is N#CC(C#N)=CNNc1ccccc1. The molecule has 0 unspecified atom stereocenters.